The molecule has 126 valence electrons. The van der Waals surface area contributed by atoms with Crippen LogP contribution >= 0.6 is 11.6 Å². The lowest BCUT2D eigenvalue weighted by atomic mass is 10.1. The van der Waals surface area contributed by atoms with Crippen LogP contribution in [-0.4, -0.2) is 37.1 Å². The maximum absolute atomic E-state index is 12.4. The smallest absolute Gasteiger partial charge is 0.321 e. The molecule has 1 saturated heterocycles. The highest BCUT2D eigenvalue weighted by atomic mass is 35.5. The minimum absolute atomic E-state index is 0.0404. The molecule has 1 aliphatic rings. The standard InChI is InChI=1S/C19H22ClN3O/c1-14-3-7-17(8-4-14)21-19(24)23-11-9-22(10-12-23)18-13-16(20)6-5-15(18)2/h3-8,13H,9-12H2,1-2H3,(H,21,24). The molecule has 2 aromatic carbocycles. The van der Waals surface area contributed by atoms with Crippen molar-refractivity contribution in [2.24, 2.45) is 0 Å². The van der Waals surface area contributed by atoms with Crippen molar-refractivity contribution < 1.29 is 4.79 Å². The van der Waals surface area contributed by atoms with E-state index in [-0.39, 0.29) is 6.03 Å². The SMILES string of the molecule is Cc1ccc(NC(=O)N2CCN(c3cc(Cl)ccc3C)CC2)cc1. The van der Waals surface area contributed by atoms with Gasteiger partial charge in [0.2, 0.25) is 0 Å². The number of piperazine rings is 1. The Morgan fingerprint density at radius 3 is 2.33 bits per heavy atom. The van der Waals surface area contributed by atoms with Crippen molar-refractivity contribution in [2.45, 2.75) is 13.8 Å². The summed E-state index contributed by atoms with van der Waals surface area (Å²) in [5.74, 6) is 0. The van der Waals surface area contributed by atoms with Crippen LogP contribution in [0.2, 0.25) is 5.02 Å². The lowest BCUT2D eigenvalue weighted by molar-refractivity contribution is 0.208. The first kappa shape index (κ1) is 16.7. The maximum Gasteiger partial charge on any atom is 0.321 e. The Labute approximate surface area is 148 Å². The third-order valence-corrected chi connectivity index (χ3v) is 4.62. The molecule has 0 bridgehead atoms. The quantitative estimate of drug-likeness (QED) is 0.881. The highest BCUT2D eigenvalue weighted by Crippen LogP contribution is 2.25. The first-order chi connectivity index (χ1) is 11.5. The van der Waals surface area contributed by atoms with Crippen molar-refractivity contribution >= 4 is 29.0 Å². The fourth-order valence-corrected chi connectivity index (χ4v) is 3.08. The van der Waals surface area contributed by atoms with Gasteiger partial charge >= 0.3 is 6.03 Å². The van der Waals surface area contributed by atoms with Crippen LogP contribution in [0.5, 0.6) is 0 Å². The molecule has 2 aromatic rings. The van der Waals surface area contributed by atoms with Gasteiger partial charge in [-0.2, -0.15) is 0 Å². The van der Waals surface area contributed by atoms with Gasteiger partial charge in [-0.25, -0.2) is 4.79 Å². The summed E-state index contributed by atoms with van der Waals surface area (Å²) < 4.78 is 0. The summed E-state index contributed by atoms with van der Waals surface area (Å²) in [6, 6.07) is 13.8. The van der Waals surface area contributed by atoms with Crippen molar-refractivity contribution in [1.82, 2.24) is 4.90 Å². The summed E-state index contributed by atoms with van der Waals surface area (Å²) in [6.07, 6.45) is 0. The molecule has 0 saturated carbocycles. The largest absolute Gasteiger partial charge is 0.368 e. The Morgan fingerprint density at radius 1 is 1.00 bits per heavy atom. The third-order valence-electron chi connectivity index (χ3n) is 4.38. The Kier molecular flexibility index (Phi) is 4.95. The fourth-order valence-electron chi connectivity index (χ4n) is 2.91. The van der Waals surface area contributed by atoms with Gasteiger partial charge in [0.1, 0.15) is 0 Å². The van der Waals surface area contributed by atoms with Gasteiger partial charge in [0.25, 0.3) is 0 Å². The second-order valence-electron chi connectivity index (χ2n) is 6.20. The summed E-state index contributed by atoms with van der Waals surface area (Å²) in [5.41, 5.74) is 4.37. The van der Waals surface area contributed by atoms with E-state index in [0.29, 0.717) is 13.1 Å². The predicted octanol–water partition coefficient (Wildman–Crippen LogP) is 4.31. The number of amides is 2. The average Bonchev–Trinajstić information content (AvgIpc) is 2.59. The van der Waals surface area contributed by atoms with Crippen molar-refractivity contribution in [1.29, 1.82) is 0 Å². The highest BCUT2D eigenvalue weighted by Gasteiger charge is 2.22. The van der Waals surface area contributed by atoms with E-state index in [1.165, 1.54) is 11.1 Å². The molecular weight excluding hydrogens is 322 g/mol. The number of carbonyl (C=O) groups is 1. The molecule has 1 N–H and O–H groups in total. The number of aryl methyl sites for hydroxylation is 2. The summed E-state index contributed by atoms with van der Waals surface area (Å²) in [7, 11) is 0. The van der Waals surface area contributed by atoms with E-state index < -0.39 is 0 Å². The normalized spacial score (nSPS) is 14.6. The van der Waals surface area contributed by atoms with Crippen molar-refractivity contribution in [3.05, 3.63) is 58.6 Å². The maximum atomic E-state index is 12.4. The van der Waals surface area contributed by atoms with Gasteiger partial charge in [0.05, 0.1) is 0 Å². The number of anilines is 2. The number of benzene rings is 2. The minimum Gasteiger partial charge on any atom is -0.368 e. The van der Waals surface area contributed by atoms with E-state index in [1.807, 2.05) is 54.3 Å². The minimum atomic E-state index is -0.0404. The van der Waals surface area contributed by atoms with E-state index in [0.717, 1.165) is 29.5 Å². The van der Waals surface area contributed by atoms with Crippen LogP contribution in [0, 0.1) is 13.8 Å². The lowest BCUT2D eigenvalue weighted by Crippen LogP contribution is -2.50. The topological polar surface area (TPSA) is 35.6 Å². The molecule has 5 heteroatoms. The predicted molar refractivity (Wildman–Crippen MR) is 100 cm³/mol. The molecule has 1 fully saturated rings. The van der Waals surface area contributed by atoms with Crippen molar-refractivity contribution in [2.75, 3.05) is 36.4 Å². The average molecular weight is 344 g/mol. The van der Waals surface area contributed by atoms with E-state index in [9.17, 15) is 4.79 Å². The number of nitrogens with one attached hydrogen (secondary N) is 1. The van der Waals surface area contributed by atoms with E-state index in [2.05, 4.69) is 17.1 Å². The molecular formula is C19H22ClN3O. The number of rotatable bonds is 2. The van der Waals surface area contributed by atoms with E-state index >= 15 is 0 Å². The number of halogens is 1. The summed E-state index contributed by atoms with van der Waals surface area (Å²) in [5, 5.41) is 3.71. The molecule has 0 aromatic heterocycles. The van der Waals surface area contributed by atoms with Gasteiger partial charge in [-0.15, -0.1) is 0 Å². The second-order valence-corrected chi connectivity index (χ2v) is 6.64. The van der Waals surface area contributed by atoms with E-state index in [1.54, 1.807) is 0 Å². The van der Waals surface area contributed by atoms with Gasteiger partial charge in [0, 0.05) is 42.6 Å². The molecule has 0 atom stereocenters. The number of nitrogens with zero attached hydrogens (tertiary/aromatic N) is 2. The number of urea groups is 1. The van der Waals surface area contributed by atoms with Crippen molar-refractivity contribution in [3.8, 4) is 0 Å². The molecule has 4 nitrogen and oxygen atoms in total. The zero-order chi connectivity index (χ0) is 17.1. The fraction of sp³-hybridized carbons (Fsp3) is 0.316. The van der Waals surface area contributed by atoms with Crippen LogP contribution in [0.3, 0.4) is 0 Å². The van der Waals surface area contributed by atoms with Crippen LogP contribution in [0.15, 0.2) is 42.5 Å². The summed E-state index contributed by atoms with van der Waals surface area (Å²) in [6.45, 7) is 7.13. The van der Waals surface area contributed by atoms with Gasteiger partial charge in [-0.3, -0.25) is 0 Å². The molecule has 2 amide bonds. The number of hydrogen-bond donors (Lipinski definition) is 1. The molecule has 0 unspecified atom stereocenters. The second kappa shape index (κ2) is 7.14. The molecule has 0 radical (unpaired) electrons. The number of hydrogen-bond acceptors (Lipinski definition) is 2. The zero-order valence-corrected chi connectivity index (χ0v) is 14.8. The first-order valence-corrected chi connectivity index (χ1v) is 8.54. The van der Waals surface area contributed by atoms with Crippen LogP contribution in [-0.2, 0) is 0 Å². The highest BCUT2D eigenvalue weighted by molar-refractivity contribution is 6.30. The van der Waals surface area contributed by atoms with Crippen LogP contribution in [0.1, 0.15) is 11.1 Å². The summed E-state index contributed by atoms with van der Waals surface area (Å²) in [4.78, 5) is 16.5. The van der Waals surface area contributed by atoms with Crippen LogP contribution in [0.4, 0.5) is 16.2 Å². The molecule has 1 heterocycles. The van der Waals surface area contributed by atoms with Gasteiger partial charge < -0.3 is 15.1 Å². The first-order valence-electron chi connectivity index (χ1n) is 8.16. The van der Waals surface area contributed by atoms with E-state index in [4.69, 9.17) is 11.6 Å². The van der Waals surface area contributed by atoms with Crippen LogP contribution in [0.25, 0.3) is 0 Å². The molecule has 0 spiro atoms. The Bertz CT molecular complexity index is 722. The van der Waals surface area contributed by atoms with Crippen molar-refractivity contribution in [3.63, 3.8) is 0 Å². The third kappa shape index (κ3) is 3.82. The lowest BCUT2D eigenvalue weighted by Gasteiger charge is -2.36. The number of carbonyl (C=O) groups excluding carboxylic acids is 1. The molecule has 24 heavy (non-hydrogen) atoms. The molecule has 1 aliphatic heterocycles. The zero-order valence-electron chi connectivity index (χ0n) is 14.1. The summed E-state index contributed by atoms with van der Waals surface area (Å²) >= 11 is 6.12. The molecule has 0 aliphatic carbocycles. The Balaban J connectivity index is 1.59. The Morgan fingerprint density at radius 2 is 1.67 bits per heavy atom. The Hall–Kier alpha value is -2.20. The van der Waals surface area contributed by atoms with Gasteiger partial charge in [0.15, 0.2) is 0 Å². The monoisotopic (exact) mass is 343 g/mol. The van der Waals surface area contributed by atoms with Gasteiger partial charge in [-0.05, 0) is 43.7 Å². The van der Waals surface area contributed by atoms with Gasteiger partial charge in [-0.1, -0.05) is 35.4 Å². The van der Waals surface area contributed by atoms with Crippen LogP contribution < -0.4 is 10.2 Å². The molecule has 3 rings (SSSR count).